The number of nitro groups is 1. The molecule has 1 aliphatic rings. The lowest BCUT2D eigenvalue weighted by atomic mass is 9.90. The summed E-state index contributed by atoms with van der Waals surface area (Å²) in [4.78, 5) is 28.2. The third-order valence-electron chi connectivity index (χ3n) is 3.88. The molecule has 2 rings (SSSR count). The van der Waals surface area contributed by atoms with E-state index in [1.807, 2.05) is 6.92 Å². The first kappa shape index (κ1) is 15.7. The van der Waals surface area contributed by atoms with Gasteiger partial charge < -0.3 is 10.6 Å². The van der Waals surface area contributed by atoms with Crippen molar-refractivity contribution >= 4 is 23.2 Å². The first-order chi connectivity index (χ1) is 9.93. The highest BCUT2D eigenvalue weighted by Gasteiger charge is 2.31. The predicted octanol–water partition coefficient (Wildman–Crippen LogP) is 1.84. The fraction of sp³-hybridized carbons (Fsp3) is 0.538. The molecule has 0 aliphatic carbocycles. The van der Waals surface area contributed by atoms with Crippen molar-refractivity contribution in [3.8, 4) is 0 Å². The third kappa shape index (κ3) is 3.30. The minimum Gasteiger partial charge on any atom is -0.338 e. The van der Waals surface area contributed by atoms with Gasteiger partial charge in [0.1, 0.15) is 16.9 Å². The zero-order valence-corrected chi connectivity index (χ0v) is 12.4. The Morgan fingerprint density at radius 3 is 3.00 bits per heavy atom. The number of pyridine rings is 1. The third-order valence-corrected chi connectivity index (χ3v) is 4.09. The van der Waals surface area contributed by atoms with Gasteiger partial charge in [0, 0.05) is 19.1 Å². The number of likely N-dealkylation sites (tertiary alicyclic amines) is 1. The number of rotatable bonds is 3. The predicted molar refractivity (Wildman–Crippen MR) is 78.2 cm³/mol. The van der Waals surface area contributed by atoms with E-state index < -0.39 is 10.8 Å². The van der Waals surface area contributed by atoms with E-state index in [4.69, 9.17) is 17.3 Å². The van der Waals surface area contributed by atoms with Crippen molar-refractivity contribution in [2.45, 2.75) is 25.8 Å². The number of halogens is 1. The average Bonchev–Trinajstić information content (AvgIpc) is 2.46. The van der Waals surface area contributed by atoms with Gasteiger partial charge in [-0.1, -0.05) is 24.9 Å². The standard InChI is InChI=1S/C13H17ClN4O3/c1-2-8-7-17(4-3-10(8)15)13(19)9-5-12(14)16-6-11(9)18(20)21/h5-6,8,10H,2-4,7,15H2,1H3. The maximum absolute atomic E-state index is 12.5. The van der Waals surface area contributed by atoms with Crippen LogP contribution in [0.1, 0.15) is 30.1 Å². The minimum absolute atomic E-state index is 0.0228. The second-order valence-electron chi connectivity index (χ2n) is 5.15. The molecule has 7 nitrogen and oxygen atoms in total. The van der Waals surface area contributed by atoms with Crippen molar-refractivity contribution in [1.29, 1.82) is 0 Å². The Morgan fingerprint density at radius 2 is 2.38 bits per heavy atom. The van der Waals surface area contributed by atoms with Gasteiger partial charge >= 0.3 is 0 Å². The number of hydrogen-bond donors (Lipinski definition) is 1. The first-order valence-corrected chi connectivity index (χ1v) is 7.16. The van der Waals surface area contributed by atoms with Crippen LogP contribution in [0.2, 0.25) is 5.15 Å². The maximum atomic E-state index is 12.5. The number of nitrogens with zero attached hydrogens (tertiary/aromatic N) is 3. The van der Waals surface area contributed by atoms with Crippen LogP contribution in [0.25, 0.3) is 0 Å². The summed E-state index contributed by atoms with van der Waals surface area (Å²) in [5, 5.41) is 11.1. The number of carbonyl (C=O) groups excluding carboxylic acids is 1. The van der Waals surface area contributed by atoms with Gasteiger partial charge in [-0.3, -0.25) is 14.9 Å². The van der Waals surface area contributed by atoms with E-state index in [-0.39, 0.29) is 28.4 Å². The van der Waals surface area contributed by atoms with Crippen molar-refractivity contribution in [1.82, 2.24) is 9.88 Å². The van der Waals surface area contributed by atoms with E-state index in [1.54, 1.807) is 4.90 Å². The monoisotopic (exact) mass is 312 g/mol. The van der Waals surface area contributed by atoms with Gasteiger partial charge in [0.2, 0.25) is 0 Å². The Morgan fingerprint density at radius 1 is 1.67 bits per heavy atom. The summed E-state index contributed by atoms with van der Waals surface area (Å²) < 4.78 is 0. The summed E-state index contributed by atoms with van der Waals surface area (Å²) in [6, 6.07) is 1.31. The van der Waals surface area contributed by atoms with E-state index in [1.165, 1.54) is 6.07 Å². The van der Waals surface area contributed by atoms with Gasteiger partial charge in [-0.15, -0.1) is 0 Å². The summed E-state index contributed by atoms with van der Waals surface area (Å²) in [6.07, 6.45) is 2.57. The molecule has 1 saturated heterocycles. The molecule has 2 N–H and O–H groups in total. The molecule has 2 unspecified atom stereocenters. The molecule has 0 radical (unpaired) electrons. The Balaban J connectivity index is 2.28. The zero-order valence-electron chi connectivity index (χ0n) is 11.7. The molecule has 2 atom stereocenters. The second-order valence-corrected chi connectivity index (χ2v) is 5.54. The Labute approximate surface area is 127 Å². The van der Waals surface area contributed by atoms with E-state index in [0.29, 0.717) is 19.5 Å². The molecule has 0 aromatic carbocycles. The van der Waals surface area contributed by atoms with E-state index in [0.717, 1.165) is 12.6 Å². The smallest absolute Gasteiger partial charge is 0.300 e. The van der Waals surface area contributed by atoms with Crippen LogP contribution >= 0.6 is 11.6 Å². The summed E-state index contributed by atoms with van der Waals surface area (Å²) in [5.41, 5.74) is 5.67. The van der Waals surface area contributed by atoms with Gasteiger partial charge in [-0.25, -0.2) is 4.98 Å². The summed E-state index contributed by atoms with van der Waals surface area (Å²) in [5.74, 6) is -0.185. The van der Waals surface area contributed by atoms with Gasteiger partial charge in [-0.2, -0.15) is 0 Å². The lowest BCUT2D eigenvalue weighted by Gasteiger charge is -2.36. The van der Waals surface area contributed by atoms with Crippen LogP contribution in [0.4, 0.5) is 5.69 Å². The topological polar surface area (TPSA) is 102 Å². The van der Waals surface area contributed by atoms with Crippen molar-refractivity contribution in [3.63, 3.8) is 0 Å². The van der Waals surface area contributed by atoms with Crippen molar-refractivity contribution in [2.75, 3.05) is 13.1 Å². The molecule has 1 aromatic rings. The molecule has 1 fully saturated rings. The van der Waals surface area contributed by atoms with Crippen LogP contribution in [-0.4, -0.2) is 39.8 Å². The number of aromatic nitrogens is 1. The van der Waals surface area contributed by atoms with Gasteiger partial charge in [0.25, 0.3) is 11.6 Å². The number of hydrogen-bond acceptors (Lipinski definition) is 5. The molecule has 21 heavy (non-hydrogen) atoms. The minimum atomic E-state index is -0.621. The van der Waals surface area contributed by atoms with Gasteiger partial charge in [0.15, 0.2) is 0 Å². The molecule has 8 heteroatoms. The SMILES string of the molecule is CCC1CN(C(=O)c2cc(Cl)ncc2[N+](=O)[O-])CCC1N. The van der Waals surface area contributed by atoms with Crippen LogP contribution in [0, 0.1) is 16.0 Å². The summed E-state index contributed by atoms with van der Waals surface area (Å²) in [7, 11) is 0. The quantitative estimate of drug-likeness (QED) is 0.521. The van der Waals surface area contributed by atoms with Crippen molar-refractivity contribution in [2.24, 2.45) is 11.7 Å². The molecule has 2 heterocycles. The molecule has 0 saturated carbocycles. The van der Waals surface area contributed by atoms with Crippen LogP contribution in [0.15, 0.2) is 12.3 Å². The maximum Gasteiger partial charge on any atom is 0.300 e. The molecule has 1 amide bonds. The van der Waals surface area contributed by atoms with Crippen LogP contribution in [0.3, 0.4) is 0 Å². The zero-order chi connectivity index (χ0) is 15.6. The van der Waals surface area contributed by atoms with E-state index in [2.05, 4.69) is 4.98 Å². The molecule has 1 aromatic heterocycles. The highest BCUT2D eigenvalue weighted by atomic mass is 35.5. The molecular formula is C13H17ClN4O3. The molecule has 0 bridgehead atoms. The van der Waals surface area contributed by atoms with Gasteiger partial charge in [0.05, 0.1) is 4.92 Å². The number of nitrogens with two attached hydrogens (primary N) is 1. The fourth-order valence-electron chi connectivity index (χ4n) is 2.58. The van der Waals surface area contributed by atoms with Crippen LogP contribution in [-0.2, 0) is 0 Å². The lowest BCUT2D eigenvalue weighted by Crippen LogP contribution is -2.49. The van der Waals surface area contributed by atoms with Gasteiger partial charge in [-0.05, 0) is 18.4 Å². The number of carbonyl (C=O) groups is 1. The Hall–Kier alpha value is -1.73. The van der Waals surface area contributed by atoms with E-state index >= 15 is 0 Å². The molecule has 0 spiro atoms. The van der Waals surface area contributed by atoms with Crippen LogP contribution in [0.5, 0.6) is 0 Å². The number of piperidine rings is 1. The average molecular weight is 313 g/mol. The molecular weight excluding hydrogens is 296 g/mol. The summed E-state index contributed by atoms with van der Waals surface area (Å²) >= 11 is 5.76. The second kappa shape index (κ2) is 6.36. The number of amides is 1. The lowest BCUT2D eigenvalue weighted by molar-refractivity contribution is -0.385. The highest BCUT2D eigenvalue weighted by Crippen LogP contribution is 2.25. The molecule has 114 valence electrons. The van der Waals surface area contributed by atoms with Crippen molar-refractivity contribution in [3.05, 3.63) is 33.1 Å². The summed E-state index contributed by atoms with van der Waals surface area (Å²) in [6.45, 7) is 3.02. The van der Waals surface area contributed by atoms with Crippen molar-refractivity contribution < 1.29 is 9.72 Å². The fourth-order valence-corrected chi connectivity index (χ4v) is 2.73. The van der Waals surface area contributed by atoms with Crippen LogP contribution < -0.4 is 5.73 Å². The Bertz CT molecular complexity index is 566. The largest absolute Gasteiger partial charge is 0.338 e. The molecule has 1 aliphatic heterocycles. The normalized spacial score (nSPS) is 22.1. The highest BCUT2D eigenvalue weighted by molar-refractivity contribution is 6.29. The Kier molecular flexibility index (Phi) is 4.74. The van der Waals surface area contributed by atoms with E-state index in [9.17, 15) is 14.9 Å². The first-order valence-electron chi connectivity index (χ1n) is 6.78.